The van der Waals surface area contributed by atoms with Gasteiger partial charge in [0.2, 0.25) is 0 Å². The summed E-state index contributed by atoms with van der Waals surface area (Å²) in [4.78, 5) is 0.794. The third kappa shape index (κ3) is 3.23. The van der Waals surface area contributed by atoms with Crippen molar-refractivity contribution in [2.75, 3.05) is 0 Å². The number of para-hydroxylation sites is 1. The molecule has 0 aliphatic carbocycles. The normalized spacial score (nSPS) is 13.6. The molecular weight excluding hydrogens is 330 g/mol. The summed E-state index contributed by atoms with van der Waals surface area (Å²) in [7, 11) is -1.25. The Morgan fingerprint density at radius 2 is 1.48 bits per heavy atom. The maximum atomic E-state index is 13.3. The second-order valence-corrected chi connectivity index (χ2v) is 7.39. The number of fused-ring (bicyclic) bond motifs is 1. The third-order valence-electron chi connectivity index (χ3n) is 4.13. The molecule has 0 fully saturated rings. The third-order valence-corrected chi connectivity index (χ3v) is 5.72. The molecule has 0 aliphatic rings. The van der Waals surface area contributed by atoms with Gasteiger partial charge in [-0.2, -0.15) is 0 Å². The molecule has 0 radical (unpaired) electrons. The number of aromatic nitrogens is 3. The fourth-order valence-corrected chi connectivity index (χ4v) is 4.30. The van der Waals surface area contributed by atoms with Gasteiger partial charge in [0.25, 0.3) is 0 Å². The first-order chi connectivity index (χ1) is 12.3. The average Bonchev–Trinajstić information content (AvgIpc) is 3.11. The Balaban J connectivity index is 1.79. The van der Waals surface area contributed by atoms with Gasteiger partial charge in [-0.05, 0) is 29.8 Å². The Labute approximate surface area is 148 Å². The second kappa shape index (κ2) is 6.99. The topological polar surface area (TPSA) is 47.8 Å². The summed E-state index contributed by atoms with van der Waals surface area (Å²) in [6.45, 7) is 0. The highest BCUT2D eigenvalue weighted by Gasteiger charge is 2.24. The predicted molar refractivity (Wildman–Crippen MR) is 99.6 cm³/mol. The van der Waals surface area contributed by atoms with Gasteiger partial charge in [-0.1, -0.05) is 65.9 Å². The quantitative estimate of drug-likeness (QED) is 0.549. The smallest absolute Gasteiger partial charge is 0.138 e. The van der Waals surface area contributed by atoms with Crippen LogP contribution in [0, 0.1) is 0 Å². The summed E-state index contributed by atoms with van der Waals surface area (Å²) in [5.41, 5.74) is 2.83. The highest BCUT2D eigenvalue weighted by Crippen LogP contribution is 2.26. The van der Waals surface area contributed by atoms with E-state index in [1.165, 1.54) is 0 Å². The van der Waals surface area contributed by atoms with Crippen molar-refractivity contribution in [1.82, 2.24) is 15.0 Å². The van der Waals surface area contributed by atoms with Crippen LogP contribution >= 0.6 is 0 Å². The van der Waals surface area contributed by atoms with Gasteiger partial charge in [0.05, 0.1) is 16.3 Å². The fraction of sp³-hybridized carbons (Fsp3) is 0.100. The molecule has 1 heterocycles. The van der Waals surface area contributed by atoms with Crippen molar-refractivity contribution in [3.63, 3.8) is 0 Å². The molecule has 0 aliphatic heterocycles. The average molecular weight is 347 g/mol. The van der Waals surface area contributed by atoms with E-state index in [9.17, 15) is 4.21 Å². The van der Waals surface area contributed by atoms with Crippen LogP contribution in [0.5, 0.6) is 0 Å². The zero-order valence-electron chi connectivity index (χ0n) is 13.5. The van der Waals surface area contributed by atoms with Crippen LogP contribution in [-0.2, 0) is 17.2 Å². The van der Waals surface area contributed by atoms with Gasteiger partial charge in [0.1, 0.15) is 10.9 Å². The van der Waals surface area contributed by atoms with E-state index in [2.05, 4.69) is 10.3 Å². The minimum Gasteiger partial charge on any atom is -0.252 e. The first-order valence-electron chi connectivity index (χ1n) is 8.12. The Morgan fingerprint density at radius 1 is 0.840 bits per heavy atom. The fourth-order valence-electron chi connectivity index (χ4n) is 2.88. The van der Waals surface area contributed by atoms with E-state index in [-0.39, 0.29) is 5.37 Å². The number of hydrogen-bond donors (Lipinski definition) is 0. The molecule has 0 N–H and O–H groups in total. The predicted octanol–water partition coefficient (Wildman–Crippen LogP) is 3.98. The molecule has 4 nitrogen and oxygen atoms in total. The first kappa shape index (κ1) is 15.7. The first-order valence-corrected chi connectivity index (χ1v) is 9.34. The van der Waals surface area contributed by atoms with Gasteiger partial charge < -0.3 is 0 Å². The molecule has 0 spiro atoms. The van der Waals surface area contributed by atoms with Crippen LogP contribution in [0.2, 0.25) is 0 Å². The van der Waals surface area contributed by atoms with Crippen molar-refractivity contribution in [2.24, 2.45) is 0 Å². The molecule has 1 aromatic heterocycles. The lowest BCUT2D eigenvalue weighted by Gasteiger charge is -2.18. The summed E-state index contributed by atoms with van der Waals surface area (Å²) >= 11 is 0. The standard InChI is InChI=1S/C20H17N3OS/c24-25(17-11-5-2-6-12-17)20(15-16-9-3-1-4-10-16)23-19-14-8-7-13-18(19)21-22-23/h1-14,20H,15H2. The van der Waals surface area contributed by atoms with Crippen LogP contribution < -0.4 is 0 Å². The Bertz CT molecular complexity index is 999. The van der Waals surface area contributed by atoms with Gasteiger partial charge in [-0.25, -0.2) is 4.68 Å². The van der Waals surface area contributed by atoms with E-state index in [0.717, 1.165) is 21.5 Å². The van der Waals surface area contributed by atoms with Crippen LogP contribution in [0.25, 0.3) is 11.0 Å². The van der Waals surface area contributed by atoms with Crippen molar-refractivity contribution >= 4 is 21.8 Å². The Kier molecular flexibility index (Phi) is 4.39. The molecule has 4 rings (SSSR count). The van der Waals surface area contributed by atoms with E-state index in [1.54, 1.807) is 4.68 Å². The van der Waals surface area contributed by atoms with Gasteiger partial charge in [-0.15, -0.1) is 5.10 Å². The van der Waals surface area contributed by atoms with Crippen molar-refractivity contribution in [1.29, 1.82) is 0 Å². The monoisotopic (exact) mass is 347 g/mol. The molecule has 5 heteroatoms. The molecule has 2 unspecified atom stereocenters. The molecule has 0 bridgehead atoms. The molecule has 3 aromatic carbocycles. The van der Waals surface area contributed by atoms with E-state index < -0.39 is 10.8 Å². The zero-order chi connectivity index (χ0) is 17.1. The number of hydrogen-bond acceptors (Lipinski definition) is 3. The van der Waals surface area contributed by atoms with Crippen LogP contribution in [0.4, 0.5) is 0 Å². The number of benzene rings is 3. The SMILES string of the molecule is O=S(c1ccccc1)C(Cc1ccccc1)n1nnc2ccccc21. The second-order valence-electron chi connectivity index (χ2n) is 5.78. The molecule has 4 aromatic rings. The van der Waals surface area contributed by atoms with Gasteiger partial charge >= 0.3 is 0 Å². The lowest BCUT2D eigenvalue weighted by atomic mass is 10.1. The minimum atomic E-state index is -1.25. The number of nitrogens with zero attached hydrogens (tertiary/aromatic N) is 3. The molecule has 0 saturated carbocycles. The molecule has 25 heavy (non-hydrogen) atoms. The summed E-state index contributed by atoms with van der Waals surface area (Å²) < 4.78 is 15.1. The summed E-state index contributed by atoms with van der Waals surface area (Å²) in [5, 5.41) is 8.23. The summed E-state index contributed by atoms with van der Waals surface area (Å²) in [5.74, 6) is 0. The van der Waals surface area contributed by atoms with Crippen LogP contribution in [-0.4, -0.2) is 19.2 Å². The van der Waals surface area contributed by atoms with Crippen LogP contribution in [0.15, 0.2) is 89.8 Å². The van der Waals surface area contributed by atoms with E-state index >= 15 is 0 Å². The maximum Gasteiger partial charge on any atom is 0.138 e. The van der Waals surface area contributed by atoms with Gasteiger partial charge in [-0.3, -0.25) is 4.21 Å². The lowest BCUT2D eigenvalue weighted by Crippen LogP contribution is -2.19. The maximum absolute atomic E-state index is 13.3. The molecular formula is C20H17N3OS. The summed E-state index contributed by atoms with van der Waals surface area (Å²) in [6.07, 6.45) is 0.621. The van der Waals surface area contributed by atoms with Crippen molar-refractivity contribution < 1.29 is 4.21 Å². The Hall–Kier alpha value is -2.79. The van der Waals surface area contributed by atoms with Crippen LogP contribution in [0.1, 0.15) is 10.9 Å². The van der Waals surface area contributed by atoms with Crippen molar-refractivity contribution in [3.05, 3.63) is 90.5 Å². The lowest BCUT2D eigenvalue weighted by molar-refractivity contribution is 0.562. The highest BCUT2D eigenvalue weighted by molar-refractivity contribution is 7.85. The zero-order valence-corrected chi connectivity index (χ0v) is 14.3. The van der Waals surface area contributed by atoms with Crippen molar-refractivity contribution in [2.45, 2.75) is 16.7 Å². The van der Waals surface area contributed by atoms with E-state index in [4.69, 9.17) is 0 Å². The highest BCUT2D eigenvalue weighted by atomic mass is 32.2. The molecule has 0 saturated heterocycles. The molecule has 2 atom stereocenters. The summed E-state index contributed by atoms with van der Waals surface area (Å²) in [6, 6.07) is 27.4. The Morgan fingerprint density at radius 3 is 2.24 bits per heavy atom. The van der Waals surface area contributed by atoms with Gasteiger partial charge in [0, 0.05) is 11.3 Å². The van der Waals surface area contributed by atoms with E-state index in [1.807, 2.05) is 84.9 Å². The minimum absolute atomic E-state index is 0.322. The van der Waals surface area contributed by atoms with Crippen molar-refractivity contribution in [3.8, 4) is 0 Å². The van der Waals surface area contributed by atoms with Gasteiger partial charge in [0.15, 0.2) is 0 Å². The molecule has 0 amide bonds. The largest absolute Gasteiger partial charge is 0.252 e. The van der Waals surface area contributed by atoms with E-state index in [0.29, 0.717) is 6.42 Å². The van der Waals surface area contributed by atoms with Crippen LogP contribution in [0.3, 0.4) is 0 Å². The number of rotatable bonds is 5. The molecule has 124 valence electrons.